The lowest BCUT2D eigenvalue weighted by Crippen LogP contribution is -2.45. The number of amides is 1. The molecule has 1 amide bonds. The van der Waals surface area contributed by atoms with E-state index in [-0.39, 0.29) is 18.6 Å². The molecule has 0 saturated heterocycles. The van der Waals surface area contributed by atoms with E-state index < -0.39 is 18.2 Å². The van der Waals surface area contributed by atoms with Crippen LogP contribution in [0.4, 0.5) is 0 Å². The summed E-state index contributed by atoms with van der Waals surface area (Å²) >= 11 is 0. The molecule has 112 valence electrons. The summed E-state index contributed by atoms with van der Waals surface area (Å²) in [6.45, 7) is 1.44. The number of rotatable bonds is 4. The Kier molecular flexibility index (Phi) is 3.68. The van der Waals surface area contributed by atoms with Gasteiger partial charge in [-0.15, -0.1) is 0 Å². The van der Waals surface area contributed by atoms with E-state index in [1.54, 1.807) is 25.1 Å². The van der Waals surface area contributed by atoms with Crippen LogP contribution in [0.15, 0.2) is 24.3 Å². The van der Waals surface area contributed by atoms with Crippen LogP contribution in [-0.2, 0) is 14.3 Å². The SMILES string of the molecule is C[C@@H]1Oc2ccccc2O[C@@H]1C(=O)OCC(=O)NC1CC1. The molecule has 2 atom stereocenters. The number of carbonyl (C=O) groups excluding carboxylic acids is 2. The monoisotopic (exact) mass is 291 g/mol. The molecule has 6 nitrogen and oxygen atoms in total. The molecular formula is C15H17NO5. The largest absolute Gasteiger partial charge is 0.482 e. The first-order chi connectivity index (χ1) is 10.1. The molecule has 0 bridgehead atoms. The molecule has 0 radical (unpaired) electrons. The predicted octanol–water partition coefficient (Wildman–Crippen LogP) is 1.04. The van der Waals surface area contributed by atoms with E-state index in [1.165, 1.54) is 0 Å². The first-order valence-corrected chi connectivity index (χ1v) is 7.02. The molecule has 1 aromatic carbocycles. The van der Waals surface area contributed by atoms with Crippen LogP contribution in [0.1, 0.15) is 19.8 Å². The maximum atomic E-state index is 12.0. The minimum absolute atomic E-state index is 0.247. The first-order valence-electron chi connectivity index (χ1n) is 7.02. The molecule has 1 aliphatic heterocycles. The van der Waals surface area contributed by atoms with Gasteiger partial charge in [0.25, 0.3) is 5.91 Å². The van der Waals surface area contributed by atoms with Crippen LogP contribution in [0.25, 0.3) is 0 Å². The zero-order chi connectivity index (χ0) is 14.8. The Morgan fingerprint density at radius 1 is 1.24 bits per heavy atom. The molecule has 0 aromatic heterocycles. The minimum Gasteiger partial charge on any atom is -0.482 e. The third-order valence-electron chi connectivity index (χ3n) is 3.36. The Morgan fingerprint density at radius 2 is 1.90 bits per heavy atom. The highest BCUT2D eigenvalue weighted by Crippen LogP contribution is 2.33. The van der Waals surface area contributed by atoms with Gasteiger partial charge in [-0.25, -0.2) is 4.79 Å². The molecule has 1 heterocycles. The molecule has 3 rings (SSSR count). The summed E-state index contributed by atoms with van der Waals surface area (Å²) in [5.74, 6) is 0.221. The van der Waals surface area contributed by atoms with E-state index in [0.29, 0.717) is 11.5 Å². The molecular weight excluding hydrogens is 274 g/mol. The van der Waals surface area contributed by atoms with Crippen molar-refractivity contribution in [3.05, 3.63) is 24.3 Å². The van der Waals surface area contributed by atoms with Crippen molar-refractivity contribution >= 4 is 11.9 Å². The summed E-state index contributed by atoms with van der Waals surface area (Å²) in [4.78, 5) is 23.5. The number of hydrogen-bond acceptors (Lipinski definition) is 5. The lowest BCUT2D eigenvalue weighted by molar-refractivity contribution is -0.160. The average Bonchev–Trinajstić information content (AvgIpc) is 3.28. The number of esters is 1. The summed E-state index contributed by atoms with van der Waals surface area (Å²) in [7, 11) is 0. The second-order valence-corrected chi connectivity index (χ2v) is 5.26. The number of nitrogens with one attached hydrogen (secondary N) is 1. The highest BCUT2D eigenvalue weighted by molar-refractivity contribution is 5.83. The third-order valence-corrected chi connectivity index (χ3v) is 3.36. The van der Waals surface area contributed by atoms with Gasteiger partial charge >= 0.3 is 5.97 Å². The average molecular weight is 291 g/mol. The fourth-order valence-electron chi connectivity index (χ4n) is 2.10. The number of carbonyl (C=O) groups is 2. The smallest absolute Gasteiger partial charge is 0.351 e. The zero-order valence-corrected chi connectivity index (χ0v) is 11.7. The molecule has 1 fully saturated rings. The molecule has 1 N–H and O–H groups in total. The van der Waals surface area contributed by atoms with Gasteiger partial charge in [-0.2, -0.15) is 0 Å². The van der Waals surface area contributed by atoms with Crippen molar-refractivity contribution in [2.24, 2.45) is 0 Å². The molecule has 1 aliphatic carbocycles. The van der Waals surface area contributed by atoms with Crippen LogP contribution in [0.5, 0.6) is 11.5 Å². The van der Waals surface area contributed by atoms with Gasteiger partial charge in [0.2, 0.25) is 6.10 Å². The van der Waals surface area contributed by atoms with Gasteiger partial charge < -0.3 is 19.5 Å². The van der Waals surface area contributed by atoms with Gasteiger partial charge in [0.15, 0.2) is 18.1 Å². The third kappa shape index (κ3) is 3.26. The topological polar surface area (TPSA) is 73.9 Å². The van der Waals surface area contributed by atoms with E-state index in [9.17, 15) is 9.59 Å². The van der Waals surface area contributed by atoms with E-state index in [1.807, 2.05) is 6.07 Å². The number of para-hydroxylation sites is 2. The standard InChI is InChI=1S/C15H17NO5/c1-9-14(21-12-5-3-2-4-11(12)20-9)15(18)19-8-13(17)16-10-6-7-10/h2-5,9-10,14H,6-8H2,1H3,(H,16,17)/t9-,14-/m0/s1. The lowest BCUT2D eigenvalue weighted by atomic mass is 10.2. The molecule has 21 heavy (non-hydrogen) atoms. The van der Waals surface area contributed by atoms with Crippen LogP contribution in [0.2, 0.25) is 0 Å². The van der Waals surface area contributed by atoms with Crippen molar-refractivity contribution in [2.75, 3.05) is 6.61 Å². The number of fused-ring (bicyclic) bond motifs is 1. The second kappa shape index (κ2) is 5.63. The molecule has 0 spiro atoms. The molecule has 1 saturated carbocycles. The van der Waals surface area contributed by atoms with Gasteiger partial charge in [-0.3, -0.25) is 4.79 Å². The number of ether oxygens (including phenoxy) is 3. The van der Waals surface area contributed by atoms with Gasteiger partial charge in [0.05, 0.1) is 0 Å². The highest BCUT2D eigenvalue weighted by atomic mass is 16.6. The Labute approximate surface area is 122 Å². The van der Waals surface area contributed by atoms with E-state index >= 15 is 0 Å². The van der Waals surface area contributed by atoms with Crippen molar-refractivity contribution in [3.63, 3.8) is 0 Å². The fourth-order valence-corrected chi connectivity index (χ4v) is 2.10. The first kappa shape index (κ1) is 13.7. The van der Waals surface area contributed by atoms with Crippen molar-refractivity contribution < 1.29 is 23.8 Å². The Hall–Kier alpha value is -2.24. The quantitative estimate of drug-likeness (QED) is 0.839. The summed E-state index contributed by atoms with van der Waals surface area (Å²) < 4.78 is 16.2. The molecule has 6 heteroatoms. The Bertz CT molecular complexity index is 555. The fraction of sp³-hybridized carbons (Fsp3) is 0.467. The van der Waals surface area contributed by atoms with Gasteiger partial charge in [0.1, 0.15) is 6.10 Å². The van der Waals surface area contributed by atoms with Crippen LogP contribution < -0.4 is 14.8 Å². The van der Waals surface area contributed by atoms with Crippen LogP contribution >= 0.6 is 0 Å². The molecule has 1 aromatic rings. The number of benzene rings is 1. The van der Waals surface area contributed by atoms with Gasteiger partial charge in [0, 0.05) is 6.04 Å². The summed E-state index contributed by atoms with van der Waals surface area (Å²) in [6, 6.07) is 7.37. The maximum Gasteiger partial charge on any atom is 0.351 e. The molecule has 0 unspecified atom stereocenters. The van der Waals surface area contributed by atoms with Crippen molar-refractivity contribution in [1.29, 1.82) is 0 Å². The van der Waals surface area contributed by atoms with Gasteiger partial charge in [-0.05, 0) is 31.9 Å². The van der Waals surface area contributed by atoms with Crippen LogP contribution in [0.3, 0.4) is 0 Å². The van der Waals surface area contributed by atoms with Crippen LogP contribution in [-0.4, -0.2) is 36.7 Å². The predicted molar refractivity (Wildman–Crippen MR) is 73.1 cm³/mol. The van der Waals surface area contributed by atoms with Crippen molar-refractivity contribution in [3.8, 4) is 11.5 Å². The lowest BCUT2D eigenvalue weighted by Gasteiger charge is -2.30. The second-order valence-electron chi connectivity index (χ2n) is 5.26. The summed E-state index contributed by atoms with van der Waals surface area (Å²) in [6.07, 6.45) is 0.646. The highest BCUT2D eigenvalue weighted by Gasteiger charge is 2.35. The Morgan fingerprint density at radius 3 is 2.57 bits per heavy atom. The normalized spacial score (nSPS) is 23.3. The van der Waals surface area contributed by atoms with Crippen LogP contribution in [0, 0.1) is 0 Å². The van der Waals surface area contributed by atoms with Crippen molar-refractivity contribution in [2.45, 2.75) is 38.0 Å². The minimum atomic E-state index is -0.867. The summed E-state index contributed by atoms with van der Waals surface area (Å²) in [5.41, 5.74) is 0. The Balaban J connectivity index is 1.55. The van der Waals surface area contributed by atoms with E-state index in [4.69, 9.17) is 14.2 Å². The van der Waals surface area contributed by atoms with E-state index in [0.717, 1.165) is 12.8 Å². The van der Waals surface area contributed by atoms with Crippen molar-refractivity contribution in [1.82, 2.24) is 5.32 Å². The maximum absolute atomic E-state index is 12.0. The summed E-state index contributed by atoms with van der Waals surface area (Å²) in [5, 5.41) is 2.75. The van der Waals surface area contributed by atoms with Gasteiger partial charge in [-0.1, -0.05) is 12.1 Å². The zero-order valence-electron chi connectivity index (χ0n) is 11.7. The molecule has 2 aliphatic rings. The number of hydrogen-bond donors (Lipinski definition) is 1. The van der Waals surface area contributed by atoms with E-state index in [2.05, 4.69) is 5.32 Å².